The molecule has 1 aliphatic heterocycles. The number of halogens is 1. The van der Waals surface area contributed by atoms with Gasteiger partial charge in [-0.05, 0) is 93.0 Å². The van der Waals surface area contributed by atoms with Crippen LogP contribution in [0.25, 0.3) is 16.7 Å². The van der Waals surface area contributed by atoms with E-state index < -0.39 is 5.60 Å². The van der Waals surface area contributed by atoms with Crippen molar-refractivity contribution in [2.24, 2.45) is 5.92 Å². The summed E-state index contributed by atoms with van der Waals surface area (Å²) in [5.41, 5.74) is 4.76. The number of hydrogen-bond donors (Lipinski definition) is 1. The number of rotatable bonds is 4. The summed E-state index contributed by atoms with van der Waals surface area (Å²) in [5, 5.41) is 12.0. The lowest BCUT2D eigenvalue weighted by Gasteiger charge is -2.33. The number of aryl methyl sites for hydroxylation is 2. The predicted molar refractivity (Wildman–Crippen MR) is 126 cm³/mol. The lowest BCUT2D eigenvalue weighted by molar-refractivity contribution is -0.121. The Morgan fingerprint density at radius 2 is 1.84 bits per heavy atom. The van der Waals surface area contributed by atoms with E-state index in [4.69, 9.17) is 16.3 Å². The number of aliphatic hydroxyl groups excluding tert-OH is 1. The first-order chi connectivity index (χ1) is 14.5. The highest BCUT2D eigenvalue weighted by molar-refractivity contribution is 6.30. The standard InChI is InChI=1S/C27H31ClO3/c1-6-17-7-8-18(20-10-9-19(28)13-16(20)2)14-21(17)24-23(29)15-22(25(24)30)27(5)12-11-26(3,4)31-27/h7-10,13-14,22,30H,6,11-12,15H2,1-5H3/t22-,27-/m0/s1. The topological polar surface area (TPSA) is 46.5 Å². The Bertz CT molecular complexity index is 1080. The molecule has 0 radical (unpaired) electrons. The van der Waals surface area contributed by atoms with Crippen LogP contribution < -0.4 is 0 Å². The van der Waals surface area contributed by atoms with Crippen molar-refractivity contribution in [2.75, 3.05) is 0 Å². The van der Waals surface area contributed by atoms with Crippen molar-refractivity contribution in [2.45, 2.75) is 71.5 Å². The van der Waals surface area contributed by atoms with Crippen LogP contribution in [0, 0.1) is 12.8 Å². The highest BCUT2D eigenvalue weighted by Gasteiger charge is 2.51. The Hall–Kier alpha value is -2.10. The summed E-state index contributed by atoms with van der Waals surface area (Å²) in [7, 11) is 0. The Morgan fingerprint density at radius 3 is 2.45 bits per heavy atom. The smallest absolute Gasteiger partial charge is 0.167 e. The summed E-state index contributed by atoms with van der Waals surface area (Å²) in [6.07, 6.45) is 2.83. The Labute approximate surface area is 190 Å². The van der Waals surface area contributed by atoms with Crippen molar-refractivity contribution < 1.29 is 14.6 Å². The van der Waals surface area contributed by atoms with E-state index in [1.165, 1.54) is 0 Å². The molecule has 4 rings (SSSR count). The van der Waals surface area contributed by atoms with Crippen LogP contribution in [-0.4, -0.2) is 22.1 Å². The number of ketones is 1. The van der Waals surface area contributed by atoms with Crippen molar-refractivity contribution in [1.82, 2.24) is 0 Å². The minimum atomic E-state index is -0.526. The zero-order valence-corrected chi connectivity index (χ0v) is 19.8. The summed E-state index contributed by atoms with van der Waals surface area (Å²) >= 11 is 6.14. The zero-order valence-electron chi connectivity index (χ0n) is 19.0. The molecular weight excluding hydrogens is 408 g/mol. The van der Waals surface area contributed by atoms with Gasteiger partial charge in [0, 0.05) is 11.4 Å². The molecule has 2 atom stereocenters. The second-order valence-electron chi connectivity index (χ2n) is 9.80. The van der Waals surface area contributed by atoms with Gasteiger partial charge < -0.3 is 9.84 Å². The maximum absolute atomic E-state index is 13.2. The van der Waals surface area contributed by atoms with Gasteiger partial charge in [0.25, 0.3) is 0 Å². The molecule has 2 aromatic rings. The normalized spacial score (nSPS) is 25.5. The summed E-state index contributed by atoms with van der Waals surface area (Å²) in [4.78, 5) is 13.2. The number of allylic oxidation sites excluding steroid dienone is 1. The molecule has 1 N–H and O–H groups in total. The Balaban J connectivity index is 1.80. The van der Waals surface area contributed by atoms with Crippen LogP contribution in [0.15, 0.2) is 42.2 Å². The van der Waals surface area contributed by atoms with Gasteiger partial charge >= 0.3 is 0 Å². The molecule has 1 fully saturated rings. The molecule has 0 spiro atoms. The van der Waals surface area contributed by atoms with Crippen LogP contribution in [-0.2, 0) is 16.0 Å². The van der Waals surface area contributed by atoms with Crippen molar-refractivity contribution in [1.29, 1.82) is 0 Å². The molecule has 0 bridgehead atoms. The first-order valence-electron chi connectivity index (χ1n) is 11.1. The van der Waals surface area contributed by atoms with E-state index in [0.29, 0.717) is 17.0 Å². The van der Waals surface area contributed by atoms with Gasteiger partial charge in [-0.25, -0.2) is 0 Å². The summed E-state index contributed by atoms with van der Waals surface area (Å²) in [5.74, 6) is -0.121. The number of carbonyl (C=O) groups excluding carboxylic acids is 1. The van der Waals surface area contributed by atoms with Crippen molar-refractivity contribution in [3.05, 3.63) is 63.9 Å². The molecule has 164 valence electrons. The first kappa shape index (κ1) is 22.1. The molecular formula is C27H31ClO3. The molecule has 0 aromatic heterocycles. The quantitative estimate of drug-likeness (QED) is 0.554. The third-order valence-corrected chi connectivity index (χ3v) is 7.22. The average molecular weight is 439 g/mol. The lowest BCUT2D eigenvalue weighted by Crippen LogP contribution is -2.37. The summed E-state index contributed by atoms with van der Waals surface area (Å²) in [6.45, 7) is 10.3. The Kier molecular flexibility index (Phi) is 5.56. The van der Waals surface area contributed by atoms with Crippen LogP contribution >= 0.6 is 11.6 Å². The van der Waals surface area contributed by atoms with Crippen LogP contribution in [0.5, 0.6) is 0 Å². The first-order valence-corrected chi connectivity index (χ1v) is 11.5. The number of aliphatic hydroxyl groups is 1. The number of Topliss-reactive ketones (excluding diaryl/α,β-unsaturated/α-hetero) is 1. The van der Waals surface area contributed by atoms with Gasteiger partial charge in [-0.2, -0.15) is 0 Å². The third kappa shape index (κ3) is 3.94. The number of benzene rings is 2. The van der Waals surface area contributed by atoms with E-state index in [2.05, 4.69) is 32.9 Å². The van der Waals surface area contributed by atoms with E-state index >= 15 is 0 Å². The third-order valence-electron chi connectivity index (χ3n) is 6.98. The van der Waals surface area contributed by atoms with Crippen LogP contribution in [0.3, 0.4) is 0 Å². The monoisotopic (exact) mass is 438 g/mol. The zero-order chi connectivity index (χ0) is 22.6. The number of hydrogen-bond acceptors (Lipinski definition) is 3. The van der Waals surface area contributed by atoms with E-state index in [1.807, 2.05) is 38.1 Å². The molecule has 0 amide bonds. The van der Waals surface area contributed by atoms with Gasteiger partial charge in [-0.1, -0.05) is 36.7 Å². The van der Waals surface area contributed by atoms with Gasteiger partial charge in [-0.3, -0.25) is 4.79 Å². The molecule has 2 aliphatic rings. The van der Waals surface area contributed by atoms with E-state index in [9.17, 15) is 9.90 Å². The van der Waals surface area contributed by atoms with Gasteiger partial charge in [0.15, 0.2) is 5.78 Å². The number of carbonyl (C=O) groups is 1. The Morgan fingerprint density at radius 1 is 1.10 bits per heavy atom. The maximum atomic E-state index is 13.2. The molecule has 3 nitrogen and oxygen atoms in total. The molecule has 1 heterocycles. The van der Waals surface area contributed by atoms with Crippen molar-refractivity contribution in [3.8, 4) is 11.1 Å². The second-order valence-corrected chi connectivity index (χ2v) is 10.2. The van der Waals surface area contributed by atoms with E-state index in [-0.39, 0.29) is 23.1 Å². The van der Waals surface area contributed by atoms with Gasteiger partial charge in [0.05, 0.1) is 22.7 Å². The van der Waals surface area contributed by atoms with Crippen LogP contribution in [0.4, 0.5) is 0 Å². The molecule has 1 saturated heterocycles. The van der Waals surface area contributed by atoms with Crippen LogP contribution in [0.1, 0.15) is 63.6 Å². The fraction of sp³-hybridized carbons (Fsp3) is 0.444. The molecule has 0 unspecified atom stereocenters. The molecule has 4 heteroatoms. The van der Waals surface area contributed by atoms with E-state index in [0.717, 1.165) is 47.1 Å². The average Bonchev–Trinajstić information content (AvgIpc) is 3.16. The highest BCUT2D eigenvalue weighted by atomic mass is 35.5. The SMILES string of the molecule is CCc1ccc(-c2ccc(Cl)cc2C)cc1C1=C(O)[C@@H]([C@]2(C)CCC(C)(C)O2)CC1=O. The van der Waals surface area contributed by atoms with Crippen molar-refractivity contribution in [3.63, 3.8) is 0 Å². The van der Waals surface area contributed by atoms with Crippen LogP contribution in [0.2, 0.25) is 5.02 Å². The fourth-order valence-corrected chi connectivity index (χ4v) is 5.48. The van der Waals surface area contributed by atoms with Gasteiger partial charge in [0.2, 0.25) is 0 Å². The molecule has 2 aromatic carbocycles. The van der Waals surface area contributed by atoms with Crippen molar-refractivity contribution >= 4 is 23.0 Å². The highest BCUT2D eigenvalue weighted by Crippen LogP contribution is 2.50. The second kappa shape index (κ2) is 7.79. The summed E-state index contributed by atoms with van der Waals surface area (Å²) in [6, 6.07) is 12.0. The largest absolute Gasteiger partial charge is 0.511 e. The summed E-state index contributed by atoms with van der Waals surface area (Å²) < 4.78 is 6.34. The molecule has 1 aliphatic carbocycles. The van der Waals surface area contributed by atoms with E-state index in [1.54, 1.807) is 0 Å². The fourth-order valence-electron chi connectivity index (χ4n) is 5.26. The maximum Gasteiger partial charge on any atom is 0.167 e. The molecule has 31 heavy (non-hydrogen) atoms. The van der Waals surface area contributed by atoms with Gasteiger partial charge in [-0.15, -0.1) is 0 Å². The molecule has 0 saturated carbocycles. The van der Waals surface area contributed by atoms with Gasteiger partial charge in [0.1, 0.15) is 5.76 Å². The minimum absolute atomic E-state index is 0.00305. The minimum Gasteiger partial charge on any atom is -0.511 e. The predicted octanol–water partition coefficient (Wildman–Crippen LogP) is 7.08. The lowest BCUT2D eigenvalue weighted by atomic mass is 9.84. The number of ether oxygens (including phenoxy) is 1.